The van der Waals surface area contributed by atoms with Gasteiger partial charge in [0.1, 0.15) is 11.6 Å². The maximum atomic E-state index is 8.78. The smallest absolute Gasteiger partial charge is 0.144 e. The van der Waals surface area contributed by atoms with E-state index in [1.54, 1.807) is 0 Å². The summed E-state index contributed by atoms with van der Waals surface area (Å²) in [6.45, 7) is 3.38. The Hall–Kier alpha value is -1.20. The van der Waals surface area contributed by atoms with Crippen molar-refractivity contribution in [2.24, 2.45) is 0 Å². The van der Waals surface area contributed by atoms with Gasteiger partial charge in [0.15, 0.2) is 0 Å². The molecular formula is C10H18N4O. The molecular weight excluding hydrogens is 192 g/mol. The summed E-state index contributed by atoms with van der Waals surface area (Å²) in [5.41, 5.74) is 0.946. The van der Waals surface area contributed by atoms with Gasteiger partial charge in [-0.15, -0.1) is 0 Å². The highest BCUT2D eigenvalue weighted by molar-refractivity contribution is 5.34. The van der Waals surface area contributed by atoms with E-state index in [0.29, 0.717) is 13.1 Å². The summed E-state index contributed by atoms with van der Waals surface area (Å²) in [5, 5.41) is 11.8. The zero-order chi connectivity index (χ0) is 11.3. The van der Waals surface area contributed by atoms with Crippen LogP contribution in [0.25, 0.3) is 0 Å². The first-order valence-electron chi connectivity index (χ1n) is 4.97. The molecule has 84 valence electrons. The van der Waals surface area contributed by atoms with Crippen molar-refractivity contribution in [1.29, 1.82) is 0 Å². The van der Waals surface area contributed by atoms with Crippen molar-refractivity contribution in [2.45, 2.75) is 13.5 Å². The first-order valence-corrected chi connectivity index (χ1v) is 4.97. The monoisotopic (exact) mass is 210 g/mol. The summed E-state index contributed by atoms with van der Waals surface area (Å²) >= 11 is 0. The molecule has 0 spiro atoms. The third-order valence-electron chi connectivity index (χ3n) is 2.05. The molecule has 0 fully saturated rings. The molecule has 0 aliphatic heterocycles. The lowest BCUT2D eigenvalue weighted by molar-refractivity contribution is 0.214. The zero-order valence-corrected chi connectivity index (χ0v) is 9.49. The second-order valence-electron chi connectivity index (χ2n) is 3.52. The third-order valence-corrected chi connectivity index (χ3v) is 2.05. The molecule has 0 atom stereocenters. The molecule has 0 saturated carbocycles. The average molecular weight is 210 g/mol. The SMILES string of the molecule is CNc1cc(C)nc(CN(C)CCO)n1. The first kappa shape index (κ1) is 11.9. The molecule has 0 bridgehead atoms. The Balaban J connectivity index is 2.71. The van der Waals surface area contributed by atoms with Crippen LogP contribution in [0.2, 0.25) is 0 Å². The summed E-state index contributed by atoms with van der Waals surface area (Å²) in [7, 11) is 3.77. The summed E-state index contributed by atoms with van der Waals surface area (Å²) in [6, 6.07) is 1.90. The lowest BCUT2D eigenvalue weighted by atomic mass is 10.4. The molecule has 0 aliphatic carbocycles. The van der Waals surface area contributed by atoms with Gasteiger partial charge in [0.2, 0.25) is 0 Å². The van der Waals surface area contributed by atoms with Crippen LogP contribution < -0.4 is 5.32 Å². The van der Waals surface area contributed by atoms with Crippen LogP contribution in [-0.4, -0.2) is 47.2 Å². The summed E-state index contributed by atoms with van der Waals surface area (Å²) in [6.07, 6.45) is 0. The molecule has 1 aromatic rings. The van der Waals surface area contributed by atoms with E-state index in [9.17, 15) is 0 Å². The maximum absolute atomic E-state index is 8.78. The molecule has 15 heavy (non-hydrogen) atoms. The van der Waals surface area contributed by atoms with E-state index in [2.05, 4.69) is 15.3 Å². The fourth-order valence-electron chi connectivity index (χ4n) is 1.32. The molecule has 0 aliphatic rings. The molecule has 1 heterocycles. The van der Waals surface area contributed by atoms with Crippen LogP contribution in [-0.2, 0) is 6.54 Å². The largest absolute Gasteiger partial charge is 0.395 e. The Kier molecular flexibility index (Phi) is 4.45. The van der Waals surface area contributed by atoms with E-state index < -0.39 is 0 Å². The van der Waals surface area contributed by atoms with Gasteiger partial charge in [-0.1, -0.05) is 0 Å². The van der Waals surface area contributed by atoms with Crippen LogP contribution in [0.15, 0.2) is 6.07 Å². The van der Waals surface area contributed by atoms with Gasteiger partial charge in [-0.2, -0.15) is 0 Å². The summed E-state index contributed by atoms with van der Waals surface area (Å²) in [5.74, 6) is 1.60. The van der Waals surface area contributed by atoms with Gasteiger partial charge in [-0.3, -0.25) is 4.90 Å². The molecule has 1 aromatic heterocycles. The predicted molar refractivity (Wildman–Crippen MR) is 59.7 cm³/mol. The van der Waals surface area contributed by atoms with Gasteiger partial charge in [0.05, 0.1) is 13.2 Å². The van der Waals surface area contributed by atoms with Gasteiger partial charge in [-0.25, -0.2) is 9.97 Å². The van der Waals surface area contributed by atoms with E-state index in [0.717, 1.165) is 17.3 Å². The van der Waals surface area contributed by atoms with Crippen molar-refractivity contribution in [3.8, 4) is 0 Å². The van der Waals surface area contributed by atoms with Crippen LogP contribution in [0.4, 0.5) is 5.82 Å². The highest BCUT2D eigenvalue weighted by Gasteiger charge is 2.04. The lowest BCUT2D eigenvalue weighted by Gasteiger charge is -2.14. The third kappa shape index (κ3) is 3.81. The van der Waals surface area contributed by atoms with Crippen LogP contribution in [0, 0.1) is 6.92 Å². The van der Waals surface area contributed by atoms with Gasteiger partial charge >= 0.3 is 0 Å². The minimum absolute atomic E-state index is 0.154. The Morgan fingerprint density at radius 3 is 2.80 bits per heavy atom. The number of likely N-dealkylation sites (N-methyl/N-ethyl adjacent to an activating group) is 1. The Morgan fingerprint density at radius 1 is 1.47 bits per heavy atom. The Labute approximate surface area is 90.2 Å². The fourth-order valence-corrected chi connectivity index (χ4v) is 1.32. The molecule has 0 radical (unpaired) electrons. The van der Waals surface area contributed by atoms with Crippen molar-refractivity contribution in [3.05, 3.63) is 17.6 Å². The molecule has 0 aromatic carbocycles. The topological polar surface area (TPSA) is 61.3 Å². The van der Waals surface area contributed by atoms with Crippen molar-refractivity contribution in [1.82, 2.24) is 14.9 Å². The first-order chi connectivity index (χ1) is 7.15. The van der Waals surface area contributed by atoms with Crippen molar-refractivity contribution >= 4 is 5.82 Å². The number of hydrogen-bond donors (Lipinski definition) is 2. The van der Waals surface area contributed by atoms with E-state index >= 15 is 0 Å². The zero-order valence-electron chi connectivity index (χ0n) is 9.49. The number of aryl methyl sites for hydroxylation is 1. The maximum Gasteiger partial charge on any atom is 0.144 e. The number of rotatable bonds is 5. The van der Waals surface area contributed by atoms with Gasteiger partial charge in [0.25, 0.3) is 0 Å². The number of aromatic nitrogens is 2. The standard InChI is InChI=1S/C10H18N4O/c1-8-6-9(11-2)13-10(12-8)7-14(3)4-5-15/h6,15H,4-5,7H2,1-3H3,(H,11,12,13). The quantitative estimate of drug-likeness (QED) is 0.729. The highest BCUT2D eigenvalue weighted by atomic mass is 16.3. The minimum Gasteiger partial charge on any atom is -0.395 e. The summed E-state index contributed by atoms with van der Waals surface area (Å²) in [4.78, 5) is 10.6. The molecule has 1 rings (SSSR count). The second kappa shape index (κ2) is 5.63. The minimum atomic E-state index is 0.154. The number of aliphatic hydroxyl groups excluding tert-OH is 1. The summed E-state index contributed by atoms with van der Waals surface area (Å²) < 4.78 is 0. The fraction of sp³-hybridized carbons (Fsp3) is 0.600. The van der Waals surface area contributed by atoms with Crippen molar-refractivity contribution < 1.29 is 5.11 Å². The molecule has 5 heteroatoms. The highest BCUT2D eigenvalue weighted by Crippen LogP contribution is 2.06. The molecule has 0 saturated heterocycles. The Morgan fingerprint density at radius 2 is 2.20 bits per heavy atom. The van der Waals surface area contributed by atoms with Crippen molar-refractivity contribution in [2.75, 3.05) is 32.6 Å². The van der Waals surface area contributed by atoms with E-state index in [-0.39, 0.29) is 6.61 Å². The van der Waals surface area contributed by atoms with E-state index in [4.69, 9.17) is 5.11 Å². The van der Waals surface area contributed by atoms with Crippen LogP contribution in [0.5, 0.6) is 0 Å². The van der Waals surface area contributed by atoms with Gasteiger partial charge < -0.3 is 10.4 Å². The predicted octanol–water partition coefficient (Wildman–Crippen LogP) is 0.251. The molecule has 2 N–H and O–H groups in total. The van der Waals surface area contributed by atoms with Crippen LogP contribution in [0.3, 0.4) is 0 Å². The average Bonchev–Trinajstić information content (AvgIpc) is 2.17. The number of anilines is 1. The van der Waals surface area contributed by atoms with E-state index in [1.807, 2.05) is 32.0 Å². The molecule has 0 amide bonds. The van der Waals surface area contributed by atoms with Crippen LogP contribution in [0.1, 0.15) is 11.5 Å². The Bertz CT molecular complexity index is 316. The van der Waals surface area contributed by atoms with Crippen molar-refractivity contribution in [3.63, 3.8) is 0 Å². The normalized spacial score (nSPS) is 10.7. The number of nitrogens with one attached hydrogen (secondary N) is 1. The van der Waals surface area contributed by atoms with E-state index in [1.165, 1.54) is 0 Å². The number of aliphatic hydroxyl groups is 1. The molecule has 5 nitrogen and oxygen atoms in total. The second-order valence-corrected chi connectivity index (χ2v) is 3.52. The molecule has 0 unspecified atom stereocenters. The number of hydrogen-bond acceptors (Lipinski definition) is 5. The van der Waals surface area contributed by atoms with Gasteiger partial charge in [-0.05, 0) is 14.0 Å². The number of nitrogens with zero attached hydrogens (tertiary/aromatic N) is 3. The van der Waals surface area contributed by atoms with Gasteiger partial charge in [0, 0.05) is 25.4 Å². The lowest BCUT2D eigenvalue weighted by Crippen LogP contribution is -2.23. The van der Waals surface area contributed by atoms with Crippen LogP contribution >= 0.6 is 0 Å².